The van der Waals surface area contributed by atoms with E-state index in [9.17, 15) is 0 Å². The van der Waals surface area contributed by atoms with Crippen molar-refractivity contribution in [3.63, 3.8) is 0 Å². The van der Waals surface area contributed by atoms with Crippen molar-refractivity contribution in [2.24, 2.45) is 0 Å². The van der Waals surface area contributed by atoms with Crippen LogP contribution in [0.5, 0.6) is 0 Å². The van der Waals surface area contributed by atoms with E-state index in [-0.39, 0.29) is 0 Å². The van der Waals surface area contributed by atoms with Crippen molar-refractivity contribution in [3.05, 3.63) is 73.4 Å². The molecule has 0 aromatic heterocycles. The lowest BCUT2D eigenvalue weighted by Gasteiger charge is -1.92. The fourth-order valence-corrected chi connectivity index (χ4v) is 0.768. The highest BCUT2D eigenvalue weighted by Crippen LogP contribution is 2.05. The lowest BCUT2D eigenvalue weighted by Crippen LogP contribution is -1.71. The molecule has 0 unspecified atom stereocenters. The topological polar surface area (TPSA) is 0 Å². The van der Waals surface area contributed by atoms with Crippen molar-refractivity contribution in [2.75, 3.05) is 0 Å². The summed E-state index contributed by atoms with van der Waals surface area (Å²) in [5, 5.41) is 0. The summed E-state index contributed by atoms with van der Waals surface area (Å²) in [7, 11) is 0. The molecule has 0 atom stereocenters. The lowest BCUT2D eigenvalue weighted by molar-refractivity contribution is 1.58. The quantitative estimate of drug-likeness (QED) is 0.616. The zero-order chi connectivity index (χ0) is 11.7. The smallest absolute Gasteiger partial charge is 0.0262 e. The second kappa shape index (κ2) is 7.57. The van der Waals surface area contributed by atoms with Gasteiger partial charge in [0.1, 0.15) is 0 Å². The first kappa shape index (κ1) is 13.2. The first-order chi connectivity index (χ1) is 7.13. The van der Waals surface area contributed by atoms with Gasteiger partial charge in [0, 0.05) is 0 Å². The number of allylic oxidation sites excluding steroid dienone is 2. The van der Waals surface area contributed by atoms with Crippen LogP contribution in [0.15, 0.2) is 62.2 Å². The van der Waals surface area contributed by atoms with Crippen LogP contribution in [0.3, 0.4) is 0 Å². The summed E-state index contributed by atoms with van der Waals surface area (Å²) < 4.78 is 0. The molecule has 15 heavy (non-hydrogen) atoms. The molecule has 0 radical (unpaired) electrons. The Morgan fingerprint density at radius 1 is 0.933 bits per heavy atom. The summed E-state index contributed by atoms with van der Waals surface area (Å²) >= 11 is 0. The first-order valence-corrected chi connectivity index (χ1v) is 4.77. The van der Waals surface area contributed by atoms with Gasteiger partial charge >= 0.3 is 0 Å². The Hall–Kier alpha value is -1.82. The molecule has 0 spiro atoms. The third-order valence-corrected chi connectivity index (χ3v) is 1.76. The van der Waals surface area contributed by atoms with E-state index in [1.807, 2.05) is 43.3 Å². The molecule has 0 heterocycles. The van der Waals surface area contributed by atoms with Gasteiger partial charge < -0.3 is 0 Å². The standard InChI is InChI=1S/C10H10.C5H8/c1-3-9-5-7-10(4-2)8-6-9;1-4-5(2)3/h3-8H,1-2H2;4H,1-2H2,3H3. The van der Waals surface area contributed by atoms with E-state index in [2.05, 4.69) is 26.3 Å². The van der Waals surface area contributed by atoms with E-state index in [0.717, 1.165) is 16.7 Å². The summed E-state index contributed by atoms with van der Waals surface area (Å²) in [5.74, 6) is 0. The Balaban J connectivity index is 0.000000336. The molecule has 0 aliphatic heterocycles. The van der Waals surface area contributed by atoms with E-state index in [0.29, 0.717) is 0 Å². The number of hydrogen-bond donors (Lipinski definition) is 0. The highest BCUT2D eigenvalue weighted by atomic mass is 13.9. The van der Waals surface area contributed by atoms with Crippen LogP contribution in [-0.4, -0.2) is 0 Å². The van der Waals surface area contributed by atoms with Crippen LogP contribution in [0, 0.1) is 0 Å². The summed E-state index contributed by atoms with van der Waals surface area (Å²) in [5.41, 5.74) is 3.31. The maximum absolute atomic E-state index is 3.66. The molecule has 0 amide bonds. The van der Waals surface area contributed by atoms with E-state index < -0.39 is 0 Å². The number of rotatable bonds is 3. The SMILES string of the molecule is C=CC(=C)C.C=Cc1ccc(C=C)cc1. The van der Waals surface area contributed by atoms with Crippen LogP contribution >= 0.6 is 0 Å². The van der Waals surface area contributed by atoms with Crippen LogP contribution in [0.1, 0.15) is 18.1 Å². The van der Waals surface area contributed by atoms with Gasteiger partial charge in [0.15, 0.2) is 0 Å². The van der Waals surface area contributed by atoms with E-state index >= 15 is 0 Å². The largest absolute Gasteiger partial charge is 0.0988 e. The van der Waals surface area contributed by atoms with Gasteiger partial charge in [-0.2, -0.15) is 0 Å². The predicted octanol–water partition coefficient (Wildman–Crippen LogP) is 4.72. The Labute approximate surface area is 93.0 Å². The van der Waals surface area contributed by atoms with Crippen molar-refractivity contribution in [2.45, 2.75) is 6.92 Å². The normalized spacial score (nSPS) is 8.07. The molecule has 0 fully saturated rings. The Kier molecular flexibility index (Phi) is 6.65. The summed E-state index contributed by atoms with van der Waals surface area (Å²) in [6.45, 7) is 16.2. The van der Waals surface area contributed by atoms with Crippen LogP contribution < -0.4 is 0 Å². The molecule has 0 N–H and O–H groups in total. The highest BCUT2D eigenvalue weighted by Gasteiger charge is 1.84. The number of hydrogen-bond acceptors (Lipinski definition) is 0. The van der Waals surface area contributed by atoms with Crippen molar-refractivity contribution < 1.29 is 0 Å². The predicted molar refractivity (Wildman–Crippen MR) is 71.6 cm³/mol. The monoisotopic (exact) mass is 198 g/mol. The van der Waals surface area contributed by atoms with E-state index in [4.69, 9.17) is 0 Å². The molecule has 0 nitrogen and oxygen atoms in total. The maximum Gasteiger partial charge on any atom is -0.0262 e. The highest BCUT2D eigenvalue weighted by molar-refractivity contribution is 5.53. The summed E-state index contributed by atoms with van der Waals surface area (Å²) in [4.78, 5) is 0. The van der Waals surface area contributed by atoms with E-state index in [1.54, 1.807) is 6.08 Å². The molecule has 0 bridgehead atoms. The molecule has 1 rings (SSSR count). The minimum absolute atomic E-state index is 1.02. The Bertz CT molecular complexity index is 312. The lowest BCUT2D eigenvalue weighted by atomic mass is 10.1. The average Bonchev–Trinajstić information content (AvgIpc) is 2.30. The van der Waals surface area contributed by atoms with Gasteiger partial charge in [0.25, 0.3) is 0 Å². The van der Waals surface area contributed by atoms with Gasteiger partial charge in [-0.3, -0.25) is 0 Å². The minimum Gasteiger partial charge on any atom is -0.0988 e. The van der Waals surface area contributed by atoms with Gasteiger partial charge in [-0.25, -0.2) is 0 Å². The third kappa shape index (κ3) is 6.28. The molecule has 0 heteroatoms. The zero-order valence-electron chi connectivity index (χ0n) is 9.37. The third-order valence-electron chi connectivity index (χ3n) is 1.76. The fraction of sp³-hybridized carbons (Fsp3) is 0.0667. The van der Waals surface area contributed by atoms with E-state index in [1.165, 1.54) is 0 Å². The second-order valence-electron chi connectivity index (χ2n) is 3.13. The van der Waals surface area contributed by atoms with Gasteiger partial charge in [-0.1, -0.05) is 74.4 Å². The molecule has 0 saturated heterocycles. The van der Waals surface area contributed by atoms with Crippen molar-refractivity contribution in [1.29, 1.82) is 0 Å². The van der Waals surface area contributed by atoms with Crippen LogP contribution in [0.4, 0.5) is 0 Å². The minimum atomic E-state index is 1.02. The van der Waals surface area contributed by atoms with Gasteiger partial charge in [-0.15, -0.1) is 0 Å². The first-order valence-electron chi connectivity index (χ1n) is 4.77. The van der Waals surface area contributed by atoms with Crippen molar-refractivity contribution >= 4 is 12.2 Å². The van der Waals surface area contributed by atoms with Gasteiger partial charge in [0.2, 0.25) is 0 Å². The zero-order valence-corrected chi connectivity index (χ0v) is 9.37. The molecule has 1 aromatic rings. The average molecular weight is 198 g/mol. The Morgan fingerprint density at radius 2 is 1.20 bits per heavy atom. The van der Waals surface area contributed by atoms with Crippen LogP contribution in [0.2, 0.25) is 0 Å². The summed E-state index contributed by atoms with van der Waals surface area (Å²) in [6, 6.07) is 8.07. The molecule has 1 aromatic carbocycles. The van der Waals surface area contributed by atoms with Gasteiger partial charge in [-0.05, 0) is 18.1 Å². The molecular weight excluding hydrogens is 180 g/mol. The molecular formula is C15H18. The van der Waals surface area contributed by atoms with Crippen molar-refractivity contribution in [1.82, 2.24) is 0 Å². The fourth-order valence-electron chi connectivity index (χ4n) is 0.768. The molecule has 0 aliphatic carbocycles. The molecule has 78 valence electrons. The Morgan fingerprint density at radius 3 is 1.33 bits per heavy atom. The maximum atomic E-state index is 3.66. The summed E-state index contributed by atoms with van der Waals surface area (Å²) in [6.07, 6.45) is 5.37. The molecule has 0 saturated carbocycles. The van der Waals surface area contributed by atoms with Crippen LogP contribution in [0.25, 0.3) is 12.2 Å². The second-order valence-corrected chi connectivity index (χ2v) is 3.13. The van der Waals surface area contributed by atoms with Crippen LogP contribution in [-0.2, 0) is 0 Å². The molecule has 0 aliphatic rings. The van der Waals surface area contributed by atoms with Crippen molar-refractivity contribution in [3.8, 4) is 0 Å². The number of benzene rings is 1. The van der Waals surface area contributed by atoms with Gasteiger partial charge in [0.05, 0.1) is 0 Å².